The van der Waals surface area contributed by atoms with E-state index < -0.39 is 0 Å². The van der Waals surface area contributed by atoms with Crippen LogP contribution >= 0.6 is 24.0 Å². The van der Waals surface area contributed by atoms with E-state index in [1.807, 2.05) is 0 Å². The molecule has 1 heterocycles. The number of nitrogens with zero attached hydrogens (tertiary/aromatic N) is 3. The van der Waals surface area contributed by atoms with Gasteiger partial charge in [-0.1, -0.05) is 11.6 Å². The van der Waals surface area contributed by atoms with Crippen LogP contribution in [-0.4, -0.2) is 22.6 Å². The number of hydrogen-bond acceptors (Lipinski definition) is 4. The molecular weight excluding hydrogens is 333 g/mol. The molecule has 1 aliphatic carbocycles. The normalized spacial score (nSPS) is 16.2. The zero-order valence-electron chi connectivity index (χ0n) is 9.85. The fourth-order valence-electron chi connectivity index (χ4n) is 1.56. The van der Waals surface area contributed by atoms with Gasteiger partial charge in [0.25, 0.3) is 0 Å². The third-order valence-corrected chi connectivity index (χ3v) is 2.76. The lowest BCUT2D eigenvalue weighted by molar-refractivity contribution is 0.315. The smallest absolute Gasteiger partial charge is 0.223 e. The summed E-state index contributed by atoms with van der Waals surface area (Å²) in [6.45, 7) is 3.03. The average Bonchev–Trinajstić information content (AvgIpc) is 2.59. The van der Waals surface area contributed by atoms with Crippen molar-refractivity contribution in [3.8, 4) is 0 Å². The monoisotopic (exact) mass is 351 g/mol. The lowest BCUT2D eigenvalue weighted by Gasteiger charge is -2.25. The molecule has 1 fully saturated rings. The van der Waals surface area contributed by atoms with Crippen molar-refractivity contribution in [2.24, 2.45) is 16.6 Å². The maximum absolute atomic E-state index is 5.71. The molecule has 1 aromatic rings. The van der Waals surface area contributed by atoms with E-state index in [0.717, 1.165) is 12.5 Å². The predicted octanol–water partition coefficient (Wildman–Crippen LogP) is 1.20. The van der Waals surface area contributed by atoms with Crippen molar-refractivity contribution in [3.63, 3.8) is 0 Å². The highest BCUT2D eigenvalue weighted by Gasteiger charge is 2.16. The molecule has 0 radical (unpaired) electrons. The Hall–Kier alpha value is -0.860. The van der Waals surface area contributed by atoms with Gasteiger partial charge < -0.3 is 15.6 Å². The van der Waals surface area contributed by atoms with Crippen LogP contribution in [0.25, 0.3) is 0 Å². The number of hydrogen-bond donors (Lipinski definition) is 2. The Labute approximate surface area is 117 Å². The first-order valence-corrected chi connectivity index (χ1v) is 5.57. The standard InChI is InChI=1S/C10H17N5O.HI/c1-7-14-9(15-16-7)6-13-10(11)12-5-8-3-2-4-8;/h8H,2-6H2,1H3,(H3,11,12,13);1H. The van der Waals surface area contributed by atoms with Gasteiger partial charge in [0.15, 0.2) is 11.8 Å². The van der Waals surface area contributed by atoms with Crippen molar-refractivity contribution in [2.45, 2.75) is 32.7 Å². The number of rotatable bonds is 4. The molecule has 2 rings (SSSR count). The highest BCUT2D eigenvalue weighted by molar-refractivity contribution is 14.0. The van der Waals surface area contributed by atoms with E-state index in [0.29, 0.717) is 24.2 Å². The Bertz CT molecular complexity index is 375. The third kappa shape index (κ3) is 4.49. The molecule has 96 valence electrons. The van der Waals surface area contributed by atoms with Gasteiger partial charge in [-0.05, 0) is 18.8 Å². The highest BCUT2D eigenvalue weighted by Crippen LogP contribution is 2.24. The highest BCUT2D eigenvalue weighted by atomic mass is 127. The summed E-state index contributed by atoms with van der Waals surface area (Å²) in [5.41, 5.74) is 5.71. The second-order valence-electron chi connectivity index (χ2n) is 4.11. The van der Waals surface area contributed by atoms with Crippen LogP contribution in [0.4, 0.5) is 0 Å². The summed E-state index contributed by atoms with van der Waals surface area (Å²) in [5.74, 6) is 2.33. The summed E-state index contributed by atoms with van der Waals surface area (Å²) < 4.78 is 4.83. The van der Waals surface area contributed by atoms with E-state index in [9.17, 15) is 0 Å². The first-order chi connectivity index (χ1) is 7.74. The van der Waals surface area contributed by atoms with Crippen LogP contribution in [0.1, 0.15) is 31.0 Å². The maximum atomic E-state index is 5.71. The number of nitrogens with one attached hydrogen (secondary N) is 1. The Balaban J connectivity index is 0.00000144. The van der Waals surface area contributed by atoms with Gasteiger partial charge >= 0.3 is 0 Å². The molecule has 0 saturated heterocycles. The van der Waals surface area contributed by atoms with Gasteiger partial charge in [0, 0.05) is 13.5 Å². The Morgan fingerprint density at radius 1 is 1.59 bits per heavy atom. The number of aromatic nitrogens is 2. The fraction of sp³-hybridized carbons (Fsp3) is 0.700. The number of aliphatic imine (C=N–C) groups is 1. The van der Waals surface area contributed by atoms with E-state index >= 15 is 0 Å². The number of nitrogens with two attached hydrogens (primary N) is 1. The molecule has 0 amide bonds. The van der Waals surface area contributed by atoms with Crippen LogP contribution in [-0.2, 0) is 6.54 Å². The van der Waals surface area contributed by atoms with E-state index in [-0.39, 0.29) is 24.0 Å². The summed E-state index contributed by atoms with van der Waals surface area (Å²) in [6.07, 6.45) is 3.93. The number of halogens is 1. The molecule has 17 heavy (non-hydrogen) atoms. The largest absolute Gasteiger partial charge is 0.370 e. The van der Waals surface area contributed by atoms with Crippen molar-refractivity contribution in [3.05, 3.63) is 11.7 Å². The Morgan fingerprint density at radius 3 is 2.88 bits per heavy atom. The van der Waals surface area contributed by atoms with Crippen molar-refractivity contribution in [1.29, 1.82) is 0 Å². The molecule has 6 nitrogen and oxygen atoms in total. The minimum absolute atomic E-state index is 0. The van der Waals surface area contributed by atoms with Gasteiger partial charge in [-0.15, -0.1) is 24.0 Å². The third-order valence-electron chi connectivity index (χ3n) is 2.76. The van der Waals surface area contributed by atoms with Gasteiger partial charge in [-0.25, -0.2) is 4.99 Å². The van der Waals surface area contributed by atoms with E-state index in [4.69, 9.17) is 10.3 Å². The van der Waals surface area contributed by atoms with Crippen LogP contribution in [0.5, 0.6) is 0 Å². The zero-order valence-corrected chi connectivity index (χ0v) is 12.2. The molecule has 1 aromatic heterocycles. The van der Waals surface area contributed by atoms with Gasteiger partial charge in [0.05, 0.1) is 0 Å². The lowest BCUT2D eigenvalue weighted by atomic mass is 9.85. The second kappa shape index (κ2) is 6.77. The summed E-state index contributed by atoms with van der Waals surface area (Å²) in [6, 6.07) is 0. The van der Waals surface area contributed by atoms with Crippen molar-refractivity contribution in [2.75, 3.05) is 6.54 Å². The maximum Gasteiger partial charge on any atom is 0.223 e. The minimum atomic E-state index is 0. The summed E-state index contributed by atoms with van der Waals surface area (Å²) in [7, 11) is 0. The van der Waals surface area contributed by atoms with Crippen LogP contribution in [0.3, 0.4) is 0 Å². The van der Waals surface area contributed by atoms with E-state index in [2.05, 4.69) is 20.4 Å². The van der Waals surface area contributed by atoms with Crippen LogP contribution in [0.15, 0.2) is 9.52 Å². The van der Waals surface area contributed by atoms with Gasteiger partial charge in [0.1, 0.15) is 6.54 Å². The molecule has 7 heteroatoms. The average molecular weight is 351 g/mol. The quantitative estimate of drug-likeness (QED) is 0.483. The molecule has 0 unspecified atom stereocenters. The Morgan fingerprint density at radius 2 is 2.35 bits per heavy atom. The molecule has 0 atom stereocenters. The molecule has 0 spiro atoms. The minimum Gasteiger partial charge on any atom is -0.370 e. The molecule has 1 saturated carbocycles. The van der Waals surface area contributed by atoms with Crippen LogP contribution < -0.4 is 11.1 Å². The van der Waals surface area contributed by atoms with Crippen LogP contribution in [0, 0.1) is 12.8 Å². The second-order valence-corrected chi connectivity index (χ2v) is 4.11. The molecular formula is C10H18IN5O. The van der Waals surface area contributed by atoms with E-state index in [1.54, 1.807) is 6.92 Å². The topological polar surface area (TPSA) is 89.3 Å². The number of aryl methyl sites for hydroxylation is 1. The summed E-state index contributed by atoms with van der Waals surface area (Å²) >= 11 is 0. The van der Waals surface area contributed by atoms with Crippen molar-refractivity contribution >= 4 is 29.9 Å². The first kappa shape index (κ1) is 14.2. The van der Waals surface area contributed by atoms with Gasteiger partial charge in [-0.2, -0.15) is 4.98 Å². The summed E-state index contributed by atoms with van der Waals surface area (Å²) in [4.78, 5) is 8.17. The molecule has 0 bridgehead atoms. The molecule has 1 aliphatic rings. The van der Waals surface area contributed by atoms with Gasteiger partial charge in [-0.3, -0.25) is 0 Å². The molecule has 0 aromatic carbocycles. The summed E-state index contributed by atoms with van der Waals surface area (Å²) in [5, 5.41) is 6.84. The van der Waals surface area contributed by atoms with Crippen molar-refractivity contribution < 1.29 is 4.52 Å². The van der Waals surface area contributed by atoms with E-state index in [1.165, 1.54) is 19.3 Å². The van der Waals surface area contributed by atoms with Crippen LogP contribution in [0.2, 0.25) is 0 Å². The molecule has 0 aliphatic heterocycles. The first-order valence-electron chi connectivity index (χ1n) is 5.57. The molecule has 3 N–H and O–H groups in total. The van der Waals surface area contributed by atoms with Gasteiger partial charge in [0.2, 0.25) is 5.89 Å². The Kier molecular flexibility index (Phi) is 5.66. The van der Waals surface area contributed by atoms with Crippen molar-refractivity contribution in [1.82, 2.24) is 15.5 Å². The number of guanidine groups is 1. The predicted molar refractivity (Wildman–Crippen MR) is 75.1 cm³/mol. The fourth-order valence-corrected chi connectivity index (χ4v) is 1.56. The lowest BCUT2D eigenvalue weighted by Crippen LogP contribution is -2.37. The SMILES string of the molecule is Cc1nc(CN=C(N)NCC2CCC2)no1.I. The zero-order chi connectivity index (χ0) is 11.4.